The molecular formula is C15H21N5. The summed E-state index contributed by atoms with van der Waals surface area (Å²) in [5.41, 5.74) is 7.22. The van der Waals surface area contributed by atoms with E-state index >= 15 is 0 Å². The van der Waals surface area contributed by atoms with Crippen molar-refractivity contribution in [2.24, 2.45) is 17.8 Å². The van der Waals surface area contributed by atoms with Crippen molar-refractivity contribution < 1.29 is 0 Å². The van der Waals surface area contributed by atoms with Gasteiger partial charge in [0.15, 0.2) is 5.84 Å². The maximum absolute atomic E-state index is 4.59. The number of amidine groups is 1. The molecule has 0 spiro atoms. The maximum atomic E-state index is 4.59. The maximum Gasteiger partial charge on any atom is 0.154 e. The minimum absolute atomic E-state index is 0.779. The predicted molar refractivity (Wildman–Crippen MR) is 83.9 cm³/mol. The van der Waals surface area contributed by atoms with E-state index in [9.17, 15) is 0 Å². The number of nitrogens with zero attached hydrogens (tertiary/aromatic N) is 3. The molecule has 2 rings (SSSR count). The van der Waals surface area contributed by atoms with Crippen molar-refractivity contribution in [3.63, 3.8) is 0 Å². The lowest BCUT2D eigenvalue weighted by Crippen LogP contribution is -2.24. The Kier molecular flexibility index (Phi) is 6.19. The minimum atomic E-state index is 0.779. The van der Waals surface area contributed by atoms with Crippen LogP contribution in [-0.4, -0.2) is 22.4 Å². The molecule has 5 nitrogen and oxygen atoms in total. The van der Waals surface area contributed by atoms with Crippen LogP contribution in [0.1, 0.15) is 12.6 Å². The fraction of sp³-hybridized carbons (Fsp3) is 0.200. The van der Waals surface area contributed by atoms with Gasteiger partial charge in [0.2, 0.25) is 0 Å². The zero-order valence-electron chi connectivity index (χ0n) is 12.2. The van der Waals surface area contributed by atoms with E-state index in [-0.39, 0.29) is 0 Å². The molecule has 2 aromatic heterocycles. The smallest absolute Gasteiger partial charge is 0.154 e. The summed E-state index contributed by atoms with van der Waals surface area (Å²) < 4.78 is 2.01. The van der Waals surface area contributed by atoms with E-state index in [0.717, 1.165) is 22.9 Å². The van der Waals surface area contributed by atoms with Crippen molar-refractivity contribution >= 4 is 11.5 Å². The SMILES string of the molecule is C=C(C)NC(=Nc1ccncc1)c1cccn1C.CN. The van der Waals surface area contributed by atoms with Crippen molar-refractivity contribution in [2.45, 2.75) is 6.92 Å². The van der Waals surface area contributed by atoms with Crippen molar-refractivity contribution in [3.05, 3.63) is 60.8 Å². The average molecular weight is 271 g/mol. The van der Waals surface area contributed by atoms with Crippen molar-refractivity contribution in [1.29, 1.82) is 0 Å². The molecule has 0 aromatic carbocycles. The van der Waals surface area contributed by atoms with Crippen LogP contribution in [0.15, 0.2) is 60.1 Å². The van der Waals surface area contributed by atoms with Gasteiger partial charge >= 0.3 is 0 Å². The molecule has 106 valence electrons. The summed E-state index contributed by atoms with van der Waals surface area (Å²) in [5, 5.41) is 3.19. The molecule has 0 fully saturated rings. The molecule has 2 aromatic rings. The molecule has 20 heavy (non-hydrogen) atoms. The first-order valence-electron chi connectivity index (χ1n) is 6.27. The Hall–Kier alpha value is -2.40. The first-order valence-corrected chi connectivity index (χ1v) is 6.27. The number of hydrogen-bond acceptors (Lipinski definition) is 3. The Bertz CT molecular complexity index is 569. The lowest BCUT2D eigenvalue weighted by molar-refractivity contribution is 0.903. The van der Waals surface area contributed by atoms with Crippen molar-refractivity contribution in [3.8, 4) is 0 Å². The quantitative estimate of drug-likeness (QED) is 0.664. The van der Waals surface area contributed by atoms with Crippen LogP contribution in [0.4, 0.5) is 5.69 Å². The molecule has 2 heterocycles. The molecule has 0 amide bonds. The van der Waals surface area contributed by atoms with Crippen LogP contribution < -0.4 is 11.1 Å². The standard InChI is InChI=1S/C14H16N4.CH5N/c1-11(2)16-14(13-5-4-10-18(13)3)17-12-6-8-15-9-7-12;1-2/h4-10H,1H2,2-3H3,(H,15,16,17);2H2,1H3. The average Bonchev–Trinajstić information content (AvgIpc) is 2.87. The van der Waals surface area contributed by atoms with Gasteiger partial charge < -0.3 is 15.6 Å². The summed E-state index contributed by atoms with van der Waals surface area (Å²) in [4.78, 5) is 8.57. The minimum Gasteiger partial charge on any atom is -0.348 e. The third kappa shape index (κ3) is 4.37. The fourth-order valence-electron chi connectivity index (χ4n) is 1.61. The van der Waals surface area contributed by atoms with E-state index in [4.69, 9.17) is 0 Å². The zero-order valence-corrected chi connectivity index (χ0v) is 12.2. The van der Waals surface area contributed by atoms with E-state index in [1.807, 2.05) is 49.0 Å². The number of hydrogen-bond donors (Lipinski definition) is 2. The predicted octanol–water partition coefficient (Wildman–Crippen LogP) is 2.20. The molecule has 0 bridgehead atoms. The van der Waals surface area contributed by atoms with Crippen molar-refractivity contribution in [2.75, 3.05) is 7.05 Å². The first-order chi connectivity index (χ1) is 9.66. The van der Waals surface area contributed by atoms with Gasteiger partial charge in [0.1, 0.15) is 0 Å². The van der Waals surface area contributed by atoms with Crippen molar-refractivity contribution in [1.82, 2.24) is 14.9 Å². The molecule has 0 aliphatic rings. The lowest BCUT2D eigenvalue weighted by Gasteiger charge is -2.10. The van der Waals surface area contributed by atoms with E-state index in [2.05, 4.69) is 27.6 Å². The molecule has 0 aliphatic carbocycles. The van der Waals surface area contributed by atoms with E-state index in [1.165, 1.54) is 7.05 Å². The Balaban J connectivity index is 0.000000956. The highest BCUT2D eigenvalue weighted by Crippen LogP contribution is 2.12. The largest absolute Gasteiger partial charge is 0.348 e. The summed E-state index contributed by atoms with van der Waals surface area (Å²) in [6, 6.07) is 7.72. The highest BCUT2D eigenvalue weighted by atomic mass is 15.1. The summed E-state index contributed by atoms with van der Waals surface area (Å²) in [5.74, 6) is 0.779. The topological polar surface area (TPSA) is 68.2 Å². The van der Waals surface area contributed by atoms with Gasteiger partial charge in [-0.1, -0.05) is 6.58 Å². The second kappa shape index (κ2) is 7.91. The van der Waals surface area contributed by atoms with Gasteiger partial charge in [-0.3, -0.25) is 4.98 Å². The van der Waals surface area contributed by atoms with Crippen LogP contribution >= 0.6 is 0 Å². The number of pyridine rings is 1. The monoisotopic (exact) mass is 271 g/mol. The molecule has 0 saturated carbocycles. The molecular weight excluding hydrogens is 250 g/mol. The van der Waals surface area contributed by atoms with Gasteiger partial charge in [0, 0.05) is 31.3 Å². The van der Waals surface area contributed by atoms with Gasteiger partial charge in [-0.05, 0) is 38.2 Å². The third-order valence-electron chi connectivity index (χ3n) is 2.42. The summed E-state index contributed by atoms with van der Waals surface area (Å²) in [6.07, 6.45) is 5.43. The van der Waals surface area contributed by atoms with Crippen LogP contribution in [0.5, 0.6) is 0 Å². The van der Waals surface area contributed by atoms with Crippen LogP contribution in [0.2, 0.25) is 0 Å². The molecule has 0 saturated heterocycles. The molecule has 5 heteroatoms. The van der Waals surface area contributed by atoms with Gasteiger partial charge in [-0.25, -0.2) is 4.99 Å². The van der Waals surface area contributed by atoms with Crippen LogP contribution in [0.25, 0.3) is 0 Å². The van der Waals surface area contributed by atoms with Crippen LogP contribution in [-0.2, 0) is 7.05 Å². The number of aliphatic imine (C=N–C) groups is 1. The highest BCUT2D eigenvalue weighted by Gasteiger charge is 2.06. The molecule has 0 radical (unpaired) electrons. The number of allylic oxidation sites excluding steroid dienone is 1. The lowest BCUT2D eigenvalue weighted by atomic mass is 10.3. The Morgan fingerprint density at radius 3 is 2.45 bits per heavy atom. The van der Waals surface area contributed by atoms with E-state index in [1.54, 1.807) is 12.4 Å². The zero-order chi connectivity index (χ0) is 15.0. The number of aromatic nitrogens is 2. The van der Waals surface area contributed by atoms with Crippen LogP contribution in [0.3, 0.4) is 0 Å². The second-order valence-electron chi connectivity index (χ2n) is 4.08. The number of aryl methyl sites for hydroxylation is 1. The van der Waals surface area contributed by atoms with Gasteiger partial charge in [-0.2, -0.15) is 0 Å². The summed E-state index contributed by atoms with van der Waals surface area (Å²) >= 11 is 0. The van der Waals surface area contributed by atoms with Gasteiger partial charge in [0.25, 0.3) is 0 Å². The normalized spacial score (nSPS) is 10.5. The number of nitrogens with one attached hydrogen (secondary N) is 1. The second-order valence-corrected chi connectivity index (χ2v) is 4.08. The molecule has 0 aliphatic heterocycles. The summed E-state index contributed by atoms with van der Waals surface area (Å²) in [6.45, 7) is 5.77. The molecule has 0 atom stereocenters. The summed E-state index contributed by atoms with van der Waals surface area (Å²) in [7, 11) is 3.48. The Morgan fingerprint density at radius 1 is 1.30 bits per heavy atom. The number of nitrogens with two attached hydrogens (primary N) is 1. The van der Waals surface area contributed by atoms with Crippen LogP contribution in [0, 0.1) is 0 Å². The Labute approximate surface area is 119 Å². The third-order valence-corrected chi connectivity index (χ3v) is 2.42. The van der Waals surface area contributed by atoms with E-state index in [0.29, 0.717) is 0 Å². The molecule has 0 unspecified atom stereocenters. The first kappa shape index (κ1) is 15.7. The van der Waals surface area contributed by atoms with Gasteiger partial charge in [0.05, 0.1) is 11.4 Å². The highest BCUT2D eigenvalue weighted by molar-refractivity contribution is 5.99. The number of rotatable bonds is 3. The van der Waals surface area contributed by atoms with E-state index < -0.39 is 0 Å². The van der Waals surface area contributed by atoms with Gasteiger partial charge in [-0.15, -0.1) is 0 Å². The Morgan fingerprint density at radius 2 is 1.95 bits per heavy atom. The molecule has 3 N–H and O–H groups in total. The fourth-order valence-corrected chi connectivity index (χ4v) is 1.61.